The van der Waals surface area contributed by atoms with Gasteiger partial charge in [0.25, 0.3) is 0 Å². The molecular weight excluding hydrogens is 296 g/mol. The van der Waals surface area contributed by atoms with Crippen molar-refractivity contribution in [3.8, 4) is 0 Å². The summed E-state index contributed by atoms with van der Waals surface area (Å²) in [7, 11) is 4.19. The van der Waals surface area contributed by atoms with Gasteiger partial charge in [0.05, 0.1) is 0 Å². The number of thiophene rings is 1. The first kappa shape index (κ1) is 13.5. The minimum absolute atomic E-state index is 0.833. The second kappa shape index (κ2) is 6.86. The Kier molecular flexibility index (Phi) is 6.16. The van der Waals surface area contributed by atoms with Crippen LogP contribution >= 0.6 is 38.9 Å². The maximum Gasteiger partial charge on any atom is 0.107 e. The van der Waals surface area contributed by atoms with Gasteiger partial charge in [-0.3, -0.25) is 0 Å². The zero-order valence-corrected chi connectivity index (χ0v) is 12.2. The van der Waals surface area contributed by atoms with E-state index in [1.807, 2.05) is 0 Å². The van der Waals surface area contributed by atoms with E-state index in [1.54, 1.807) is 11.3 Å². The Balaban J connectivity index is 2.15. The van der Waals surface area contributed by atoms with Crippen LogP contribution in [-0.4, -0.2) is 32.1 Å². The normalized spacial score (nSPS) is 11.3. The van der Waals surface area contributed by atoms with Crippen molar-refractivity contribution in [1.29, 1.82) is 0 Å². The Bertz CT molecular complexity index is 282. The molecule has 0 saturated carbocycles. The van der Waals surface area contributed by atoms with Crippen molar-refractivity contribution in [2.75, 3.05) is 27.2 Å². The molecule has 0 bridgehead atoms. The smallest absolute Gasteiger partial charge is 0.107 e. The highest BCUT2D eigenvalue weighted by atomic mass is 79.9. The zero-order valence-electron chi connectivity index (χ0n) is 9.02. The molecule has 0 aromatic carbocycles. The lowest BCUT2D eigenvalue weighted by Crippen LogP contribution is -2.20. The first-order valence-electron chi connectivity index (χ1n) is 4.88. The van der Waals surface area contributed by atoms with Crippen LogP contribution in [0.4, 0.5) is 0 Å². The van der Waals surface area contributed by atoms with Crippen LogP contribution in [0.1, 0.15) is 11.3 Å². The maximum absolute atomic E-state index is 5.95. The topological polar surface area (TPSA) is 15.3 Å². The van der Waals surface area contributed by atoms with Gasteiger partial charge >= 0.3 is 0 Å². The largest absolute Gasteiger partial charge is 0.312 e. The van der Waals surface area contributed by atoms with Crippen LogP contribution in [0.3, 0.4) is 0 Å². The van der Waals surface area contributed by atoms with Crippen LogP contribution in [0.2, 0.25) is 4.34 Å². The molecule has 1 aromatic rings. The molecule has 0 aliphatic carbocycles. The van der Waals surface area contributed by atoms with E-state index in [0.717, 1.165) is 28.4 Å². The van der Waals surface area contributed by atoms with E-state index in [2.05, 4.69) is 46.3 Å². The van der Waals surface area contributed by atoms with Gasteiger partial charge in [-0.1, -0.05) is 11.6 Å². The van der Waals surface area contributed by atoms with E-state index in [4.69, 9.17) is 11.6 Å². The van der Waals surface area contributed by atoms with Crippen molar-refractivity contribution in [2.24, 2.45) is 0 Å². The van der Waals surface area contributed by atoms with Gasteiger partial charge in [0, 0.05) is 15.9 Å². The van der Waals surface area contributed by atoms with Crippen molar-refractivity contribution < 1.29 is 0 Å². The third-order valence-electron chi connectivity index (χ3n) is 1.95. The van der Waals surface area contributed by atoms with E-state index in [0.29, 0.717) is 0 Å². The Morgan fingerprint density at radius 1 is 1.53 bits per heavy atom. The second-order valence-corrected chi connectivity index (χ2v) is 6.26. The number of halogens is 2. The summed E-state index contributed by atoms with van der Waals surface area (Å²) in [5.74, 6) is 0. The lowest BCUT2D eigenvalue weighted by molar-refractivity contribution is 0.394. The third kappa shape index (κ3) is 5.31. The van der Waals surface area contributed by atoms with Gasteiger partial charge in [0.15, 0.2) is 0 Å². The van der Waals surface area contributed by atoms with Gasteiger partial charge in [-0.2, -0.15) is 0 Å². The highest BCUT2D eigenvalue weighted by Crippen LogP contribution is 2.31. The molecule has 0 aliphatic rings. The molecule has 0 amide bonds. The molecule has 1 rings (SSSR count). The fourth-order valence-corrected chi connectivity index (χ4v) is 2.97. The number of rotatable bonds is 6. The first-order valence-corrected chi connectivity index (χ1v) is 6.87. The molecule has 0 aliphatic heterocycles. The zero-order chi connectivity index (χ0) is 11.3. The quantitative estimate of drug-likeness (QED) is 0.812. The molecular formula is C10H16BrClN2S. The Labute approximate surface area is 109 Å². The van der Waals surface area contributed by atoms with Crippen molar-refractivity contribution >= 4 is 38.9 Å². The fraction of sp³-hybridized carbons (Fsp3) is 0.600. The lowest BCUT2D eigenvalue weighted by Gasteiger charge is -2.09. The maximum atomic E-state index is 5.95. The van der Waals surface area contributed by atoms with Crippen LogP contribution < -0.4 is 5.32 Å². The highest BCUT2D eigenvalue weighted by Gasteiger charge is 2.03. The van der Waals surface area contributed by atoms with Gasteiger partial charge in [-0.05, 0) is 55.6 Å². The summed E-state index contributed by atoms with van der Waals surface area (Å²) in [6.45, 7) is 3.08. The number of hydrogen-bond donors (Lipinski definition) is 1. The summed E-state index contributed by atoms with van der Waals surface area (Å²) >= 11 is 11.0. The highest BCUT2D eigenvalue weighted by molar-refractivity contribution is 9.10. The molecule has 0 atom stereocenters. The fourth-order valence-electron chi connectivity index (χ4n) is 1.21. The van der Waals surface area contributed by atoms with Crippen LogP contribution in [0.25, 0.3) is 0 Å². The number of nitrogens with zero attached hydrogens (tertiary/aromatic N) is 1. The summed E-state index contributed by atoms with van der Waals surface area (Å²) in [4.78, 5) is 3.47. The first-order chi connectivity index (χ1) is 7.09. The molecule has 86 valence electrons. The van der Waals surface area contributed by atoms with Crippen molar-refractivity contribution in [2.45, 2.75) is 13.0 Å². The van der Waals surface area contributed by atoms with Crippen LogP contribution in [0.15, 0.2) is 10.5 Å². The summed E-state index contributed by atoms with van der Waals surface area (Å²) in [5.41, 5.74) is 0. The average molecular weight is 312 g/mol. The van der Waals surface area contributed by atoms with Crippen LogP contribution in [-0.2, 0) is 6.54 Å². The molecule has 5 heteroatoms. The van der Waals surface area contributed by atoms with Crippen LogP contribution in [0.5, 0.6) is 0 Å². The molecule has 1 N–H and O–H groups in total. The predicted octanol–water partition coefficient (Wildman–Crippen LogP) is 3.21. The Morgan fingerprint density at radius 3 is 2.80 bits per heavy atom. The molecule has 0 unspecified atom stereocenters. The minimum Gasteiger partial charge on any atom is -0.312 e. The van der Waals surface area contributed by atoms with E-state index in [9.17, 15) is 0 Å². The minimum atomic E-state index is 0.833. The van der Waals surface area contributed by atoms with Gasteiger partial charge in [0.2, 0.25) is 0 Å². The van der Waals surface area contributed by atoms with Crippen molar-refractivity contribution in [3.63, 3.8) is 0 Å². The monoisotopic (exact) mass is 310 g/mol. The Hall–Kier alpha value is 0.390. The van der Waals surface area contributed by atoms with E-state index in [1.165, 1.54) is 11.3 Å². The van der Waals surface area contributed by atoms with Gasteiger partial charge < -0.3 is 10.2 Å². The molecule has 1 heterocycles. The predicted molar refractivity (Wildman–Crippen MR) is 71.9 cm³/mol. The second-order valence-electron chi connectivity index (χ2n) is 3.67. The molecule has 0 fully saturated rings. The molecule has 2 nitrogen and oxygen atoms in total. The van der Waals surface area contributed by atoms with Crippen LogP contribution in [0, 0.1) is 0 Å². The summed E-state index contributed by atoms with van der Waals surface area (Å²) in [6, 6.07) is 2.08. The molecule has 0 saturated heterocycles. The molecule has 15 heavy (non-hydrogen) atoms. The summed E-state index contributed by atoms with van der Waals surface area (Å²) in [6.07, 6.45) is 1.17. The molecule has 1 aromatic heterocycles. The van der Waals surface area contributed by atoms with Gasteiger partial charge in [-0.15, -0.1) is 11.3 Å². The van der Waals surface area contributed by atoms with E-state index in [-0.39, 0.29) is 0 Å². The summed E-state index contributed by atoms with van der Waals surface area (Å²) < 4.78 is 1.83. The number of hydrogen-bond acceptors (Lipinski definition) is 3. The van der Waals surface area contributed by atoms with E-state index < -0.39 is 0 Å². The standard InChI is InChI=1S/C10H16BrClN2S/c1-14(2)5-3-4-13-7-8-6-9(11)10(12)15-8/h6,13H,3-5,7H2,1-2H3. The van der Waals surface area contributed by atoms with Crippen molar-refractivity contribution in [1.82, 2.24) is 10.2 Å². The van der Waals surface area contributed by atoms with E-state index >= 15 is 0 Å². The number of nitrogens with one attached hydrogen (secondary N) is 1. The lowest BCUT2D eigenvalue weighted by atomic mass is 10.4. The average Bonchev–Trinajstić information content (AvgIpc) is 2.45. The van der Waals surface area contributed by atoms with Gasteiger partial charge in [0.1, 0.15) is 4.34 Å². The molecule has 0 radical (unpaired) electrons. The molecule has 0 spiro atoms. The summed E-state index contributed by atoms with van der Waals surface area (Å²) in [5, 5.41) is 3.40. The third-order valence-corrected chi connectivity index (χ3v) is 4.43. The van der Waals surface area contributed by atoms with Gasteiger partial charge in [-0.25, -0.2) is 0 Å². The SMILES string of the molecule is CN(C)CCCNCc1cc(Br)c(Cl)s1. The Morgan fingerprint density at radius 2 is 2.27 bits per heavy atom. The van der Waals surface area contributed by atoms with Crippen molar-refractivity contribution in [3.05, 3.63) is 19.8 Å².